The summed E-state index contributed by atoms with van der Waals surface area (Å²) in [5.74, 6) is -0.636. The van der Waals surface area contributed by atoms with Gasteiger partial charge < -0.3 is 15.2 Å². The first-order valence-electron chi connectivity index (χ1n) is 7.20. The zero-order valence-corrected chi connectivity index (χ0v) is 11.5. The number of carbonyl (C=O) groups excluding carboxylic acids is 1. The number of carbonyl (C=O) groups is 2. The Bertz CT molecular complexity index is 341. The smallest absolute Gasteiger partial charge is 0.329 e. The molecule has 1 aliphatic carbocycles. The van der Waals surface area contributed by atoms with E-state index < -0.39 is 11.5 Å². The molecule has 1 unspecified atom stereocenters. The van der Waals surface area contributed by atoms with E-state index in [-0.39, 0.29) is 11.8 Å². The fraction of sp³-hybridized carbons (Fsp3) is 0.857. The molecule has 0 radical (unpaired) electrons. The third kappa shape index (κ3) is 3.08. The largest absolute Gasteiger partial charge is 0.480 e. The Morgan fingerprint density at radius 1 is 1.32 bits per heavy atom. The molecule has 1 atom stereocenters. The summed E-state index contributed by atoms with van der Waals surface area (Å²) < 4.78 is 5.19. The topological polar surface area (TPSA) is 75.6 Å². The fourth-order valence-electron chi connectivity index (χ4n) is 3.05. The predicted molar refractivity (Wildman–Crippen MR) is 69.7 cm³/mol. The Kier molecular flexibility index (Phi) is 4.45. The van der Waals surface area contributed by atoms with Gasteiger partial charge in [-0.1, -0.05) is 13.3 Å². The number of carboxylic acids is 1. The summed E-state index contributed by atoms with van der Waals surface area (Å²) in [5, 5.41) is 12.3. The van der Waals surface area contributed by atoms with Crippen LogP contribution in [-0.2, 0) is 14.3 Å². The van der Waals surface area contributed by atoms with Crippen LogP contribution in [0, 0.1) is 11.8 Å². The maximum absolute atomic E-state index is 12.1. The molecule has 1 saturated heterocycles. The molecule has 0 aromatic rings. The van der Waals surface area contributed by atoms with Crippen molar-refractivity contribution in [3.05, 3.63) is 0 Å². The van der Waals surface area contributed by atoms with Crippen molar-refractivity contribution < 1.29 is 19.4 Å². The van der Waals surface area contributed by atoms with E-state index >= 15 is 0 Å². The normalized spacial score (nSPS) is 35.0. The van der Waals surface area contributed by atoms with Crippen molar-refractivity contribution >= 4 is 11.9 Å². The standard InChI is InChI=1S/C14H23NO4/c1-2-10-3-6-14(7-4-10,13(17)18)15-12(16)11-5-8-19-9-11/h10-11H,2-9H2,1H3,(H,15,16)(H,17,18). The summed E-state index contributed by atoms with van der Waals surface area (Å²) >= 11 is 0. The number of aliphatic carboxylic acids is 1. The van der Waals surface area contributed by atoms with Crippen molar-refractivity contribution in [2.24, 2.45) is 11.8 Å². The lowest BCUT2D eigenvalue weighted by Gasteiger charge is -2.37. The van der Waals surface area contributed by atoms with Gasteiger partial charge in [0.25, 0.3) is 0 Å². The van der Waals surface area contributed by atoms with Gasteiger partial charge >= 0.3 is 5.97 Å². The second kappa shape index (κ2) is 5.90. The highest BCUT2D eigenvalue weighted by Crippen LogP contribution is 2.34. The van der Waals surface area contributed by atoms with Crippen LogP contribution in [0.15, 0.2) is 0 Å². The van der Waals surface area contributed by atoms with Crippen molar-refractivity contribution in [3.8, 4) is 0 Å². The van der Waals surface area contributed by atoms with Gasteiger partial charge in [0, 0.05) is 6.61 Å². The monoisotopic (exact) mass is 269 g/mol. The molecule has 108 valence electrons. The molecule has 19 heavy (non-hydrogen) atoms. The van der Waals surface area contributed by atoms with Gasteiger partial charge in [0.1, 0.15) is 5.54 Å². The molecule has 2 aliphatic rings. The molecule has 1 amide bonds. The van der Waals surface area contributed by atoms with E-state index in [9.17, 15) is 14.7 Å². The zero-order valence-electron chi connectivity index (χ0n) is 11.5. The molecule has 5 heteroatoms. The van der Waals surface area contributed by atoms with E-state index in [0.29, 0.717) is 38.4 Å². The van der Waals surface area contributed by atoms with Crippen LogP contribution in [0.3, 0.4) is 0 Å². The molecule has 2 fully saturated rings. The van der Waals surface area contributed by atoms with E-state index in [0.717, 1.165) is 19.3 Å². The summed E-state index contributed by atoms with van der Waals surface area (Å²) in [6.45, 7) is 3.14. The summed E-state index contributed by atoms with van der Waals surface area (Å²) in [6, 6.07) is 0. The van der Waals surface area contributed by atoms with Crippen LogP contribution in [0.5, 0.6) is 0 Å². The molecule has 1 heterocycles. The quantitative estimate of drug-likeness (QED) is 0.812. The molecule has 0 bridgehead atoms. The third-order valence-corrected chi connectivity index (χ3v) is 4.61. The molecule has 2 N–H and O–H groups in total. The summed E-state index contributed by atoms with van der Waals surface area (Å²) in [7, 11) is 0. The average molecular weight is 269 g/mol. The summed E-state index contributed by atoms with van der Waals surface area (Å²) in [6.07, 6.45) is 4.62. The molecule has 1 saturated carbocycles. The molecule has 5 nitrogen and oxygen atoms in total. The predicted octanol–water partition coefficient (Wildman–Crippen LogP) is 1.56. The van der Waals surface area contributed by atoms with Crippen LogP contribution in [0.25, 0.3) is 0 Å². The second-order valence-corrected chi connectivity index (χ2v) is 5.79. The van der Waals surface area contributed by atoms with Crippen molar-refractivity contribution in [1.82, 2.24) is 5.32 Å². The number of ether oxygens (including phenoxy) is 1. The van der Waals surface area contributed by atoms with Crippen LogP contribution in [0.2, 0.25) is 0 Å². The number of hydrogen-bond donors (Lipinski definition) is 2. The van der Waals surface area contributed by atoms with Crippen LogP contribution < -0.4 is 5.32 Å². The Hall–Kier alpha value is -1.10. The van der Waals surface area contributed by atoms with E-state index in [1.54, 1.807) is 0 Å². The van der Waals surface area contributed by atoms with Crippen molar-refractivity contribution in [3.63, 3.8) is 0 Å². The van der Waals surface area contributed by atoms with E-state index in [1.807, 2.05) is 0 Å². The first-order chi connectivity index (χ1) is 9.07. The number of carboxylic acid groups (broad SMARTS) is 1. The Labute approximate surface area is 113 Å². The molecular formula is C14H23NO4. The van der Waals surface area contributed by atoms with E-state index in [4.69, 9.17) is 4.74 Å². The molecule has 2 rings (SSSR count). The van der Waals surface area contributed by atoms with Gasteiger partial charge in [0.2, 0.25) is 5.91 Å². The van der Waals surface area contributed by atoms with Crippen LogP contribution >= 0.6 is 0 Å². The van der Waals surface area contributed by atoms with Crippen LogP contribution in [0.4, 0.5) is 0 Å². The van der Waals surface area contributed by atoms with Gasteiger partial charge in [-0.3, -0.25) is 4.79 Å². The summed E-state index contributed by atoms with van der Waals surface area (Å²) in [5.41, 5.74) is -1.05. The Morgan fingerprint density at radius 2 is 2.00 bits per heavy atom. The summed E-state index contributed by atoms with van der Waals surface area (Å²) in [4.78, 5) is 23.7. The molecule has 0 aromatic carbocycles. The van der Waals surface area contributed by atoms with Crippen molar-refractivity contribution in [2.45, 2.75) is 51.0 Å². The van der Waals surface area contributed by atoms with Crippen LogP contribution in [0.1, 0.15) is 45.4 Å². The maximum atomic E-state index is 12.1. The Morgan fingerprint density at radius 3 is 2.47 bits per heavy atom. The molecular weight excluding hydrogens is 246 g/mol. The van der Waals surface area contributed by atoms with Crippen molar-refractivity contribution in [2.75, 3.05) is 13.2 Å². The lowest BCUT2D eigenvalue weighted by atomic mass is 9.75. The van der Waals surface area contributed by atoms with Crippen molar-refractivity contribution in [1.29, 1.82) is 0 Å². The number of nitrogens with one attached hydrogen (secondary N) is 1. The van der Waals surface area contributed by atoms with Gasteiger partial charge in [-0.15, -0.1) is 0 Å². The average Bonchev–Trinajstić information content (AvgIpc) is 2.93. The number of rotatable bonds is 4. The van der Waals surface area contributed by atoms with Crippen LogP contribution in [-0.4, -0.2) is 35.7 Å². The van der Waals surface area contributed by atoms with E-state index in [1.165, 1.54) is 0 Å². The highest BCUT2D eigenvalue weighted by molar-refractivity contribution is 5.88. The molecule has 0 spiro atoms. The number of hydrogen-bond acceptors (Lipinski definition) is 3. The minimum Gasteiger partial charge on any atom is -0.480 e. The minimum absolute atomic E-state index is 0.158. The second-order valence-electron chi connectivity index (χ2n) is 5.79. The lowest BCUT2D eigenvalue weighted by Crippen LogP contribution is -2.57. The molecule has 0 aromatic heterocycles. The fourth-order valence-corrected chi connectivity index (χ4v) is 3.05. The van der Waals surface area contributed by atoms with E-state index in [2.05, 4.69) is 12.2 Å². The first-order valence-corrected chi connectivity index (χ1v) is 7.20. The van der Waals surface area contributed by atoms with Gasteiger partial charge in [-0.05, 0) is 38.0 Å². The zero-order chi connectivity index (χ0) is 13.9. The minimum atomic E-state index is -1.05. The molecule has 1 aliphatic heterocycles. The SMILES string of the molecule is CCC1CCC(NC(=O)C2CCOC2)(C(=O)O)CC1. The highest BCUT2D eigenvalue weighted by Gasteiger charge is 2.44. The number of amides is 1. The van der Waals surface area contributed by atoms with Gasteiger partial charge in [0.15, 0.2) is 0 Å². The highest BCUT2D eigenvalue weighted by atomic mass is 16.5. The first kappa shape index (κ1) is 14.3. The maximum Gasteiger partial charge on any atom is 0.329 e. The van der Waals surface area contributed by atoms with Gasteiger partial charge in [0.05, 0.1) is 12.5 Å². The lowest BCUT2D eigenvalue weighted by molar-refractivity contribution is -0.150. The van der Waals surface area contributed by atoms with Gasteiger partial charge in [-0.25, -0.2) is 4.79 Å². The third-order valence-electron chi connectivity index (χ3n) is 4.61. The van der Waals surface area contributed by atoms with Gasteiger partial charge in [-0.2, -0.15) is 0 Å². The Balaban J connectivity index is 2.00.